The van der Waals surface area contributed by atoms with Crippen molar-refractivity contribution < 1.29 is 4.74 Å². The van der Waals surface area contributed by atoms with E-state index in [1.54, 1.807) is 0 Å². The number of hydrogen-bond acceptors (Lipinski definition) is 3. The Kier molecular flexibility index (Phi) is 7.32. The van der Waals surface area contributed by atoms with Gasteiger partial charge in [0.25, 0.3) is 0 Å². The zero-order valence-corrected chi connectivity index (χ0v) is 13.6. The largest absolute Gasteiger partial charge is 0.381 e. The van der Waals surface area contributed by atoms with Crippen molar-refractivity contribution in [1.29, 1.82) is 0 Å². The van der Waals surface area contributed by atoms with Crippen molar-refractivity contribution in [2.45, 2.75) is 70.9 Å². The van der Waals surface area contributed by atoms with Gasteiger partial charge in [-0.3, -0.25) is 4.90 Å². The lowest BCUT2D eigenvalue weighted by molar-refractivity contribution is 0.0764. The molecule has 0 aromatic rings. The second kappa shape index (κ2) is 9.01. The summed E-state index contributed by atoms with van der Waals surface area (Å²) < 4.78 is 5.42. The molecule has 3 heteroatoms. The first kappa shape index (κ1) is 16.3. The zero-order chi connectivity index (χ0) is 14.2. The molecule has 0 aromatic heterocycles. The summed E-state index contributed by atoms with van der Waals surface area (Å²) in [6.07, 6.45) is 9.45. The molecule has 1 aliphatic heterocycles. The highest BCUT2D eigenvalue weighted by Crippen LogP contribution is 2.23. The van der Waals surface area contributed by atoms with E-state index in [9.17, 15) is 0 Å². The van der Waals surface area contributed by atoms with Crippen molar-refractivity contribution in [3.8, 4) is 0 Å². The average molecular weight is 282 g/mol. The van der Waals surface area contributed by atoms with Gasteiger partial charge in [0.1, 0.15) is 0 Å². The topological polar surface area (TPSA) is 24.5 Å². The molecule has 20 heavy (non-hydrogen) atoms. The predicted octanol–water partition coefficient (Wildman–Crippen LogP) is 3.05. The lowest BCUT2D eigenvalue weighted by atomic mass is 10.1. The number of rotatable bonds is 8. The third-order valence-electron chi connectivity index (χ3n) is 4.89. The first-order valence-electron chi connectivity index (χ1n) is 8.81. The molecule has 0 unspecified atom stereocenters. The Bertz CT molecular complexity index is 245. The van der Waals surface area contributed by atoms with E-state index in [1.807, 2.05) is 0 Å². The minimum atomic E-state index is 0.694. The van der Waals surface area contributed by atoms with Crippen LogP contribution in [0.2, 0.25) is 0 Å². The predicted molar refractivity (Wildman–Crippen MR) is 85.1 cm³/mol. The van der Waals surface area contributed by atoms with Crippen LogP contribution in [0.5, 0.6) is 0 Å². The standard InChI is InChI=1S/C17H34N2O/c1-15(2)7-11-19(17-5-3-4-6-17)12-10-18-16-8-13-20-14-9-16/h15-18H,3-14H2,1-2H3. The van der Waals surface area contributed by atoms with Crippen LogP contribution in [0.3, 0.4) is 0 Å². The molecule has 1 saturated carbocycles. The van der Waals surface area contributed by atoms with Gasteiger partial charge in [0.15, 0.2) is 0 Å². The molecule has 1 aliphatic carbocycles. The molecular weight excluding hydrogens is 248 g/mol. The highest BCUT2D eigenvalue weighted by Gasteiger charge is 2.22. The summed E-state index contributed by atoms with van der Waals surface area (Å²) in [5.74, 6) is 0.822. The van der Waals surface area contributed by atoms with E-state index in [4.69, 9.17) is 4.74 Å². The molecule has 2 rings (SSSR count). The Morgan fingerprint density at radius 3 is 2.40 bits per heavy atom. The highest BCUT2D eigenvalue weighted by molar-refractivity contribution is 4.79. The summed E-state index contributed by atoms with van der Waals surface area (Å²) in [6.45, 7) is 10.2. The summed E-state index contributed by atoms with van der Waals surface area (Å²) in [7, 11) is 0. The number of nitrogens with one attached hydrogen (secondary N) is 1. The second-order valence-electron chi connectivity index (χ2n) is 7.00. The minimum Gasteiger partial charge on any atom is -0.381 e. The van der Waals surface area contributed by atoms with Crippen LogP contribution >= 0.6 is 0 Å². The number of hydrogen-bond donors (Lipinski definition) is 1. The van der Waals surface area contributed by atoms with Gasteiger partial charge in [-0.1, -0.05) is 26.7 Å². The molecule has 0 atom stereocenters. The maximum atomic E-state index is 5.42. The van der Waals surface area contributed by atoms with Crippen LogP contribution in [-0.2, 0) is 4.74 Å². The molecular formula is C17H34N2O. The van der Waals surface area contributed by atoms with Crippen molar-refractivity contribution in [2.24, 2.45) is 5.92 Å². The summed E-state index contributed by atoms with van der Waals surface area (Å²) in [5, 5.41) is 3.74. The summed E-state index contributed by atoms with van der Waals surface area (Å²) in [6, 6.07) is 1.56. The molecule has 0 aromatic carbocycles. The zero-order valence-electron chi connectivity index (χ0n) is 13.6. The van der Waals surface area contributed by atoms with Gasteiger partial charge in [-0.2, -0.15) is 0 Å². The Morgan fingerprint density at radius 1 is 1.05 bits per heavy atom. The molecule has 0 radical (unpaired) electrons. The SMILES string of the molecule is CC(C)CCN(CCNC1CCOCC1)C1CCCC1. The number of ether oxygens (including phenoxy) is 1. The van der Waals surface area contributed by atoms with Crippen LogP contribution in [0.1, 0.15) is 58.8 Å². The van der Waals surface area contributed by atoms with E-state index in [2.05, 4.69) is 24.1 Å². The van der Waals surface area contributed by atoms with Gasteiger partial charge in [-0.05, 0) is 44.6 Å². The van der Waals surface area contributed by atoms with Crippen molar-refractivity contribution in [2.75, 3.05) is 32.8 Å². The Hall–Kier alpha value is -0.120. The Morgan fingerprint density at radius 2 is 1.75 bits per heavy atom. The molecule has 118 valence electrons. The molecule has 1 saturated heterocycles. The molecule has 1 heterocycles. The summed E-state index contributed by atoms with van der Waals surface area (Å²) in [4.78, 5) is 2.76. The third-order valence-corrected chi connectivity index (χ3v) is 4.89. The minimum absolute atomic E-state index is 0.694. The lowest BCUT2D eigenvalue weighted by Crippen LogP contribution is -2.43. The van der Waals surface area contributed by atoms with Crippen LogP contribution in [0.15, 0.2) is 0 Å². The fourth-order valence-electron chi connectivity index (χ4n) is 3.48. The molecule has 1 N–H and O–H groups in total. The normalized spacial score (nSPS) is 22.2. The Balaban J connectivity index is 1.68. The van der Waals surface area contributed by atoms with Crippen molar-refractivity contribution >= 4 is 0 Å². The van der Waals surface area contributed by atoms with Crippen LogP contribution in [-0.4, -0.2) is 49.8 Å². The van der Waals surface area contributed by atoms with E-state index >= 15 is 0 Å². The molecule has 2 fully saturated rings. The summed E-state index contributed by atoms with van der Waals surface area (Å²) >= 11 is 0. The van der Waals surface area contributed by atoms with Crippen molar-refractivity contribution in [3.05, 3.63) is 0 Å². The molecule has 0 amide bonds. The second-order valence-corrected chi connectivity index (χ2v) is 7.00. The van der Waals surface area contributed by atoms with Crippen molar-refractivity contribution in [3.63, 3.8) is 0 Å². The smallest absolute Gasteiger partial charge is 0.0480 e. The van der Waals surface area contributed by atoms with E-state index < -0.39 is 0 Å². The maximum Gasteiger partial charge on any atom is 0.0480 e. The summed E-state index contributed by atoms with van der Waals surface area (Å²) in [5.41, 5.74) is 0. The van der Waals surface area contributed by atoms with Gasteiger partial charge in [0.2, 0.25) is 0 Å². The molecule has 0 bridgehead atoms. The first-order valence-corrected chi connectivity index (χ1v) is 8.81. The third kappa shape index (κ3) is 5.71. The van der Waals surface area contributed by atoms with Gasteiger partial charge in [0, 0.05) is 38.4 Å². The van der Waals surface area contributed by atoms with E-state index in [0.29, 0.717) is 6.04 Å². The fraction of sp³-hybridized carbons (Fsp3) is 1.00. The fourth-order valence-corrected chi connectivity index (χ4v) is 3.48. The van der Waals surface area contributed by atoms with Gasteiger partial charge in [-0.15, -0.1) is 0 Å². The first-order chi connectivity index (χ1) is 9.75. The van der Waals surface area contributed by atoms with Gasteiger partial charge < -0.3 is 10.1 Å². The monoisotopic (exact) mass is 282 g/mol. The van der Waals surface area contributed by atoms with Crippen LogP contribution in [0.25, 0.3) is 0 Å². The van der Waals surface area contributed by atoms with E-state index in [-0.39, 0.29) is 0 Å². The molecule has 2 aliphatic rings. The van der Waals surface area contributed by atoms with Crippen LogP contribution < -0.4 is 5.32 Å². The Labute approximate surface area is 125 Å². The van der Waals surface area contributed by atoms with Crippen molar-refractivity contribution in [1.82, 2.24) is 10.2 Å². The van der Waals surface area contributed by atoms with Gasteiger partial charge in [-0.25, -0.2) is 0 Å². The van der Waals surface area contributed by atoms with Crippen LogP contribution in [0.4, 0.5) is 0 Å². The number of nitrogens with zero attached hydrogens (tertiary/aromatic N) is 1. The van der Waals surface area contributed by atoms with Gasteiger partial charge in [0.05, 0.1) is 0 Å². The van der Waals surface area contributed by atoms with E-state index in [0.717, 1.165) is 31.7 Å². The lowest BCUT2D eigenvalue weighted by Gasteiger charge is -2.31. The molecule has 0 spiro atoms. The van der Waals surface area contributed by atoms with Gasteiger partial charge >= 0.3 is 0 Å². The quantitative estimate of drug-likeness (QED) is 0.740. The average Bonchev–Trinajstić information content (AvgIpc) is 2.97. The maximum absolute atomic E-state index is 5.42. The van der Waals surface area contributed by atoms with Crippen LogP contribution in [0, 0.1) is 5.92 Å². The molecule has 3 nitrogen and oxygen atoms in total. The highest BCUT2D eigenvalue weighted by atomic mass is 16.5. The van der Waals surface area contributed by atoms with E-state index in [1.165, 1.54) is 58.0 Å².